The zero-order valence-corrected chi connectivity index (χ0v) is 14.0. The van der Waals surface area contributed by atoms with Crippen molar-refractivity contribution < 1.29 is 18.6 Å². The maximum Gasteiger partial charge on any atom is 0.340 e. The summed E-state index contributed by atoms with van der Waals surface area (Å²) in [5, 5.41) is 0. The Morgan fingerprint density at radius 1 is 1.24 bits per heavy atom. The van der Waals surface area contributed by atoms with Crippen LogP contribution >= 0.6 is 64.5 Å². The van der Waals surface area contributed by atoms with Crippen LogP contribution in [0.3, 0.4) is 0 Å². The predicted octanol–water partition coefficient (Wildman–Crippen LogP) is 3.63. The van der Waals surface area contributed by atoms with Crippen LogP contribution in [0.25, 0.3) is 0 Å². The van der Waals surface area contributed by atoms with Crippen molar-refractivity contribution in [3.63, 3.8) is 0 Å². The van der Waals surface area contributed by atoms with Gasteiger partial charge in [0.1, 0.15) is 0 Å². The molecule has 0 heterocycles. The highest BCUT2D eigenvalue weighted by Crippen LogP contribution is 2.59. The molecule has 0 saturated carbocycles. The zero-order chi connectivity index (χ0) is 13.9. The highest BCUT2D eigenvalue weighted by molar-refractivity contribution is 8.10. The first-order valence-corrected chi connectivity index (χ1v) is 8.56. The van der Waals surface area contributed by atoms with Gasteiger partial charge in [0.2, 0.25) is 21.0 Å². The van der Waals surface area contributed by atoms with E-state index in [1.165, 1.54) is 14.2 Å². The van der Waals surface area contributed by atoms with Crippen LogP contribution in [0, 0.1) is 0 Å². The van der Waals surface area contributed by atoms with Crippen molar-refractivity contribution in [3.8, 4) is 0 Å². The van der Waals surface area contributed by atoms with Crippen LogP contribution in [0.4, 0.5) is 0 Å². The third-order valence-electron chi connectivity index (χ3n) is 1.48. The molecule has 0 rings (SSSR count). The predicted molar refractivity (Wildman–Crippen MR) is 74.0 cm³/mol. The first-order chi connectivity index (χ1) is 7.58. The van der Waals surface area contributed by atoms with Gasteiger partial charge in [-0.25, -0.2) is 4.79 Å². The summed E-state index contributed by atoms with van der Waals surface area (Å²) in [6.45, 7) is -3.13. The lowest BCUT2D eigenvalue weighted by Gasteiger charge is -2.31. The Morgan fingerprint density at radius 3 is 1.88 bits per heavy atom. The largest absolute Gasteiger partial charge is 0.445 e. The standard InChI is InChI=1S/C6H8Cl5O4PS/c1-13-16(17,14-2)5(6(9,10)11)15-4(12)3(7)8/h3,5H,1-2H3. The SMILES string of the molecule is COP(=S)(OC)C(OC(=O)C(Cl)Cl)C(Cl)(Cl)Cl. The molecule has 0 aliphatic heterocycles. The van der Waals surface area contributed by atoms with Crippen LogP contribution in [-0.4, -0.2) is 34.7 Å². The lowest BCUT2D eigenvalue weighted by atomic mass is 10.7. The molecule has 102 valence electrons. The molecule has 0 spiro atoms. The zero-order valence-electron chi connectivity index (χ0n) is 8.53. The summed E-state index contributed by atoms with van der Waals surface area (Å²) in [6.07, 6.45) is 0. The third-order valence-corrected chi connectivity index (χ3v) is 6.44. The van der Waals surface area contributed by atoms with Crippen molar-refractivity contribution in [2.75, 3.05) is 14.2 Å². The maximum atomic E-state index is 11.3. The van der Waals surface area contributed by atoms with E-state index in [1.807, 2.05) is 0 Å². The lowest BCUT2D eigenvalue weighted by molar-refractivity contribution is -0.143. The minimum atomic E-state index is -3.13. The second-order valence-electron chi connectivity index (χ2n) is 2.54. The van der Waals surface area contributed by atoms with Gasteiger partial charge < -0.3 is 13.8 Å². The van der Waals surface area contributed by atoms with Crippen LogP contribution in [0.15, 0.2) is 0 Å². The van der Waals surface area contributed by atoms with Gasteiger partial charge in [-0.1, -0.05) is 58.0 Å². The molecular weight excluding hydrogens is 376 g/mol. The third kappa shape index (κ3) is 5.55. The van der Waals surface area contributed by atoms with Crippen LogP contribution < -0.4 is 0 Å². The van der Waals surface area contributed by atoms with E-state index in [0.29, 0.717) is 0 Å². The normalized spacial score (nSPS) is 14.8. The Labute approximate surface area is 129 Å². The number of ether oxygens (including phenoxy) is 1. The van der Waals surface area contributed by atoms with Gasteiger partial charge in [0.05, 0.1) is 0 Å². The first-order valence-electron chi connectivity index (χ1n) is 3.85. The smallest absolute Gasteiger partial charge is 0.340 e. The second kappa shape index (κ2) is 7.32. The van der Waals surface area contributed by atoms with Gasteiger partial charge in [0, 0.05) is 14.2 Å². The molecule has 0 aromatic heterocycles. The minimum Gasteiger partial charge on any atom is -0.445 e. The Morgan fingerprint density at radius 2 is 1.65 bits per heavy atom. The molecule has 0 N–H and O–H groups in total. The molecule has 0 amide bonds. The number of carbonyl (C=O) groups is 1. The summed E-state index contributed by atoms with van der Waals surface area (Å²) in [7, 11) is 2.50. The van der Waals surface area contributed by atoms with Crippen molar-refractivity contribution in [1.29, 1.82) is 0 Å². The molecule has 1 unspecified atom stereocenters. The molecule has 0 saturated heterocycles. The van der Waals surface area contributed by atoms with Gasteiger partial charge in [-0.15, -0.1) is 0 Å². The molecule has 1 atom stereocenters. The summed E-state index contributed by atoms with van der Waals surface area (Å²) in [5.74, 6) is -2.43. The van der Waals surface area contributed by atoms with Crippen molar-refractivity contribution in [2.24, 2.45) is 0 Å². The van der Waals surface area contributed by atoms with Crippen LogP contribution in [0.1, 0.15) is 0 Å². The van der Waals surface area contributed by atoms with Crippen molar-refractivity contribution in [2.45, 2.75) is 14.5 Å². The number of rotatable bonds is 5. The minimum absolute atomic E-state index is 1.01. The molecular formula is C6H8Cl5O4PS. The number of halogens is 5. The Kier molecular flexibility index (Phi) is 7.96. The first kappa shape index (κ1) is 18.5. The fourth-order valence-corrected chi connectivity index (χ4v) is 4.38. The summed E-state index contributed by atoms with van der Waals surface area (Å²) < 4.78 is 12.7. The average molecular weight is 384 g/mol. The van der Waals surface area contributed by atoms with Crippen LogP contribution in [0.2, 0.25) is 0 Å². The number of esters is 1. The molecule has 0 bridgehead atoms. The van der Waals surface area contributed by atoms with Gasteiger partial charge in [-0.05, 0) is 11.8 Å². The number of alkyl halides is 5. The van der Waals surface area contributed by atoms with Crippen molar-refractivity contribution in [1.82, 2.24) is 0 Å². The van der Waals surface area contributed by atoms with E-state index in [0.717, 1.165) is 0 Å². The maximum absolute atomic E-state index is 11.3. The fraction of sp³-hybridized carbons (Fsp3) is 0.833. The van der Waals surface area contributed by atoms with E-state index >= 15 is 0 Å². The molecule has 17 heavy (non-hydrogen) atoms. The Bertz CT molecular complexity index is 312. The van der Waals surface area contributed by atoms with E-state index in [2.05, 4.69) is 0 Å². The summed E-state index contributed by atoms with van der Waals surface area (Å²) >= 11 is 32.6. The molecule has 11 heteroatoms. The monoisotopic (exact) mass is 382 g/mol. The summed E-state index contributed by atoms with van der Waals surface area (Å²) in [6, 6.07) is 0. The molecule has 0 aliphatic carbocycles. The van der Waals surface area contributed by atoms with Gasteiger partial charge in [0.15, 0.2) is 0 Å². The van der Waals surface area contributed by atoms with Crippen molar-refractivity contribution >= 4 is 82.3 Å². The lowest BCUT2D eigenvalue weighted by Crippen LogP contribution is -2.33. The van der Waals surface area contributed by atoms with E-state index in [4.69, 9.17) is 83.6 Å². The van der Waals surface area contributed by atoms with Crippen LogP contribution in [0.5, 0.6) is 0 Å². The Balaban J connectivity index is 5.17. The van der Waals surface area contributed by atoms with E-state index < -0.39 is 26.9 Å². The number of carbonyl (C=O) groups excluding carboxylic acids is 1. The quantitative estimate of drug-likeness (QED) is 0.411. The molecule has 0 fully saturated rings. The van der Waals surface area contributed by atoms with E-state index in [1.54, 1.807) is 0 Å². The summed E-state index contributed by atoms with van der Waals surface area (Å²) in [5.41, 5.74) is 0. The van der Waals surface area contributed by atoms with E-state index in [9.17, 15) is 4.79 Å². The molecule has 0 aromatic rings. The van der Waals surface area contributed by atoms with Gasteiger partial charge in [0.25, 0.3) is 0 Å². The molecule has 0 aromatic carbocycles. The topological polar surface area (TPSA) is 44.8 Å². The second-order valence-corrected chi connectivity index (χ2v) is 9.81. The average Bonchev–Trinajstić information content (AvgIpc) is 2.22. The van der Waals surface area contributed by atoms with Gasteiger partial charge >= 0.3 is 5.97 Å². The Hall–Kier alpha value is 1.49. The fourth-order valence-electron chi connectivity index (χ4n) is 0.738. The molecule has 0 radical (unpaired) electrons. The summed E-state index contributed by atoms with van der Waals surface area (Å²) in [4.78, 5) is 9.85. The number of hydrogen-bond acceptors (Lipinski definition) is 5. The van der Waals surface area contributed by atoms with Crippen LogP contribution in [-0.2, 0) is 30.4 Å². The molecule has 4 nitrogen and oxygen atoms in total. The van der Waals surface area contributed by atoms with Crippen molar-refractivity contribution in [3.05, 3.63) is 0 Å². The van der Waals surface area contributed by atoms with Gasteiger partial charge in [-0.3, -0.25) is 0 Å². The number of hydrogen-bond donors (Lipinski definition) is 0. The highest BCUT2D eigenvalue weighted by atomic mass is 35.6. The molecule has 0 aliphatic rings. The van der Waals surface area contributed by atoms with Gasteiger partial charge in [-0.2, -0.15) is 0 Å². The van der Waals surface area contributed by atoms with E-state index in [-0.39, 0.29) is 0 Å². The highest BCUT2D eigenvalue weighted by Gasteiger charge is 2.48.